The number of hydrogen-bond donors (Lipinski definition) is 0. The van der Waals surface area contributed by atoms with E-state index in [1.54, 1.807) is 6.07 Å². The molecule has 1 heterocycles. The van der Waals surface area contributed by atoms with Gasteiger partial charge in [-0.2, -0.15) is 0 Å². The standard InChI is InChI=1S/C14H20FNO/c1-3-11(2)12-4-5-14(13(15)10-12)16-6-8-17-9-7-16/h4-5,10-11H,3,6-9H2,1-2H3/t11-/m0/s1. The number of halogens is 1. The van der Waals surface area contributed by atoms with Crippen LogP contribution in [-0.2, 0) is 4.74 Å². The third kappa shape index (κ3) is 2.78. The highest BCUT2D eigenvalue weighted by atomic mass is 19.1. The van der Waals surface area contributed by atoms with Gasteiger partial charge in [-0.3, -0.25) is 0 Å². The van der Waals surface area contributed by atoms with Gasteiger partial charge in [0.2, 0.25) is 0 Å². The van der Waals surface area contributed by atoms with Crippen molar-refractivity contribution in [1.29, 1.82) is 0 Å². The zero-order valence-electron chi connectivity index (χ0n) is 10.6. The zero-order valence-corrected chi connectivity index (χ0v) is 10.6. The first-order valence-electron chi connectivity index (χ1n) is 6.34. The summed E-state index contributed by atoms with van der Waals surface area (Å²) in [6.45, 7) is 7.18. The predicted octanol–water partition coefficient (Wildman–Crippen LogP) is 3.18. The second-order valence-electron chi connectivity index (χ2n) is 4.62. The van der Waals surface area contributed by atoms with Crippen LogP contribution in [0.5, 0.6) is 0 Å². The number of hydrogen-bond acceptors (Lipinski definition) is 2. The number of benzene rings is 1. The van der Waals surface area contributed by atoms with Gasteiger partial charge < -0.3 is 9.64 Å². The maximum atomic E-state index is 14.0. The van der Waals surface area contributed by atoms with Crippen LogP contribution in [0.25, 0.3) is 0 Å². The highest BCUT2D eigenvalue weighted by molar-refractivity contribution is 5.49. The zero-order chi connectivity index (χ0) is 12.3. The van der Waals surface area contributed by atoms with Gasteiger partial charge in [0, 0.05) is 13.1 Å². The quantitative estimate of drug-likeness (QED) is 0.800. The van der Waals surface area contributed by atoms with Gasteiger partial charge in [0.15, 0.2) is 0 Å². The Balaban J connectivity index is 2.18. The van der Waals surface area contributed by atoms with Gasteiger partial charge in [-0.15, -0.1) is 0 Å². The highest BCUT2D eigenvalue weighted by Crippen LogP contribution is 2.26. The third-order valence-electron chi connectivity index (χ3n) is 3.50. The Kier molecular flexibility index (Phi) is 4.00. The topological polar surface area (TPSA) is 12.5 Å². The Hall–Kier alpha value is -1.09. The van der Waals surface area contributed by atoms with E-state index < -0.39 is 0 Å². The van der Waals surface area contributed by atoms with Crippen molar-refractivity contribution in [2.45, 2.75) is 26.2 Å². The molecule has 0 spiro atoms. The molecule has 0 amide bonds. The summed E-state index contributed by atoms with van der Waals surface area (Å²) in [5.41, 5.74) is 1.79. The van der Waals surface area contributed by atoms with Gasteiger partial charge in [-0.1, -0.05) is 19.9 Å². The van der Waals surface area contributed by atoms with Gasteiger partial charge in [-0.25, -0.2) is 4.39 Å². The summed E-state index contributed by atoms with van der Waals surface area (Å²) in [5.74, 6) is 0.313. The van der Waals surface area contributed by atoms with E-state index in [2.05, 4.69) is 18.7 Å². The maximum absolute atomic E-state index is 14.0. The molecule has 1 atom stereocenters. The van der Waals surface area contributed by atoms with Crippen LogP contribution < -0.4 is 4.90 Å². The molecule has 0 aromatic heterocycles. The third-order valence-corrected chi connectivity index (χ3v) is 3.50. The SMILES string of the molecule is CC[C@H](C)c1ccc(N2CCOCC2)c(F)c1. The summed E-state index contributed by atoms with van der Waals surface area (Å²) >= 11 is 0. The molecular formula is C14H20FNO. The van der Waals surface area contributed by atoms with Crippen molar-refractivity contribution in [2.75, 3.05) is 31.2 Å². The van der Waals surface area contributed by atoms with Crippen LogP contribution in [0, 0.1) is 5.82 Å². The van der Waals surface area contributed by atoms with Crippen molar-refractivity contribution in [3.8, 4) is 0 Å². The van der Waals surface area contributed by atoms with E-state index in [9.17, 15) is 4.39 Å². The fourth-order valence-corrected chi connectivity index (χ4v) is 2.13. The number of nitrogens with zero attached hydrogens (tertiary/aromatic N) is 1. The summed E-state index contributed by atoms with van der Waals surface area (Å²) in [6.07, 6.45) is 1.04. The van der Waals surface area contributed by atoms with Crippen molar-refractivity contribution in [2.24, 2.45) is 0 Å². The molecule has 1 saturated heterocycles. The van der Waals surface area contributed by atoms with E-state index in [1.165, 1.54) is 0 Å². The molecule has 0 aliphatic carbocycles. The summed E-state index contributed by atoms with van der Waals surface area (Å²) in [6, 6.07) is 5.63. The van der Waals surface area contributed by atoms with Crippen molar-refractivity contribution in [3.05, 3.63) is 29.6 Å². The largest absolute Gasteiger partial charge is 0.378 e. The van der Waals surface area contributed by atoms with E-state index >= 15 is 0 Å². The molecule has 2 rings (SSSR count). The summed E-state index contributed by atoms with van der Waals surface area (Å²) in [4.78, 5) is 2.05. The molecule has 1 aromatic rings. The Bertz CT molecular complexity index is 374. The Morgan fingerprint density at radius 2 is 2.06 bits per heavy atom. The van der Waals surface area contributed by atoms with Crippen LogP contribution >= 0.6 is 0 Å². The Morgan fingerprint density at radius 3 is 2.65 bits per heavy atom. The predicted molar refractivity (Wildman–Crippen MR) is 68.1 cm³/mol. The first-order chi connectivity index (χ1) is 8.22. The van der Waals surface area contributed by atoms with Gasteiger partial charge >= 0.3 is 0 Å². The molecule has 2 nitrogen and oxygen atoms in total. The van der Waals surface area contributed by atoms with Crippen LogP contribution in [0.3, 0.4) is 0 Å². The van der Waals surface area contributed by atoms with E-state index in [-0.39, 0.29) is 5.82 Å². The first-order valence-corrected chi connectivity index (χ1v) is 6.34. The lowest BCUT2D eigenvalue weighted by molar-refractivity contribution is 0.122. The Morgan fingerprint density at radius 1 is 1.35 bits per heavy atom. The van der Waals surface area contributed by atoms with E-state index in [0.29, 0.717) is 24.8 Å². The molecule has 1 aromatic carbocycles. The highest BCUT2D eigenvalue weighted by Gasteiger charge is 2.16. The summed E-state index contributed by atoms with van der Waals surface area (Å²) in [7, 11) is 0. The molecule has 0 N–H and O–H groups in total. The lowest BCUT2D eigenvalue weighted by Gasteiger charge is -2.29. The second kappa shape index (κ2) is 5.50. The molecule has 0 unspecified atom stereocenters. The van der Waals surface area contributed by atoms with Crippen LogP contribution in [0.15, 0.2) is 18.2 Å². The second-order valence-corrected chi connectivity index (χ2v) is 4.62. The van der Waals surface area contributed by atoms with E-state index in [4.69, 9.17) is 4.74 Å². The lowest BCUT2D eigenvalue weighted by atomic mass is 9.98. The molecule has 1 aliphatic rings. The fourth-order valence-electron chi connectivity index (χ4n) is 2.13. The molecule has 3 heteroatoms. The smallest absolute Gasteiger partial charge is 0.146 e. The van der Waals surface area contributed by atoms with Crippen LogP contribution in [0.1, 0.15) is 31.7 Å². The average molecular weight is 237 g/mol. The van der Waals surface area contributed by atoms with Gasteiger partial charge in [0.05, 0.1) is 18.9 Å². The van der Waals surface area contributed by atoms with Crippen molar-refractivity contribution in [1.82, 2.24) is 0 Å². The molecule has 0 bridgehead atoms. The number of anilines is 1. The minimum Gasteiger partial charge on any atom is -0.378 e. The lowest BCUT2D eigenvalue weighted by Crippen LogP contribution is -2.36. The number of ether oxygens (including phenoxy) is 1. The van der Waals surface area contributed by atoms with Gasteiger partial charge in [0.25, 0.3) is 0 Å². The summed E-state index contributed by atoms with van der Waals surface area (Å²) in [5, 5.41) is 0. The van der Waals surface area contributed by atoms with E-state index in [0.717, 1.165) is 25.1 Å². The van der Waals surface area contributed by atoms with Crippen LogP contribution in [0.2, 0.25) is 0 Å². The number of morpholine rings is 1. The molecule has 1 aliphatic heterocycles. The van der Waals surface area contributed by atoms with Crippen molar-refractivity contribution >= 4 is 5.69 Å². The molecule has 94 valence electrons. The minimum atomic E-state index is -0.107. The van der Waals surface area contributed by atoms with Gasteiger partial charge in [-0.05, 0) is 30.0 Å². The van der Waals surface area contributed by atoms with Crippen molar-refractivity contribution < 1.29 is 9.13 Å². The Labute approximate surface area is 102 Å². The summed E-state index contributed by atoms with van der Waals surface area (Å²) < 4.78 is 19.3. The van der Waals surface area contributed by atoms with E-state index in [1.807, 2.05) is 12.1 Å². The molecule has 0 saturated carbocycles. The average Bonchev–Trinajstić information content (AvgIpc) is 2.38. The fraction of sp³-hybridized carbons (Fsp3) is 0.571. The van der Waals surface area contributed by atoms with Crippen molar-refractivity contribution in [3.63, 3.8) is 0 Å². The first kappa shape index (κ1) is 12.4. The van der Waals surface area contributed by atoms with Crippen LogP contribution in [0.4, 0.5) is 10.1 Å². The van der Waals surface area contributed by atoms with Gasteiger partial charge in [0.1, 0.15) is 5.82 Å². The normalized spacial score (nSPS) is 18.2. The molecule has 0 radical (unpaired) electrons. The minimum absolute atomic E-state index is 0.107. The molecule has 17 heavy (non-hydrogen) atoms. The van der Waals surface area contributed by atoms with Crippen LogP contribution in [-0.4, -0.2) is 26.3 Å². The monoisotopic (exact) mass is 237 g/mol. The molecular weight excluding hydrogens is 217 g/mol. The number of rotatable bonds is 3. The molecule has 1 fully saturated rings. The maximum Gasteiger partial charge on any atom is 0.146 e.